The van der Waals surface area contributed by atoms with E-state index >= 15 is 0 Å². The first-order valence-electron chi connectivity index (χ1n) is 14.6. The molecule has 1 aliphatic heterocycles. The zero-order valence-corrected chi connectivity index (χ0v) is 24.1. The van der Waals surface area contributed by atoms with Gasteiger partial charge in [-0.05, 0) is 72.2 Å². The van der Waals surface area contributed by atoms with E-state index in [1.165, 1.54) is 36.4 Å². The number of aryl methyl sites for hydroxylation is 2. The first-order valence-corrected chi connectivity index (χ1v) is 14.6. The first-order chi connectivity index (χ1) is 21.4. The van der Waals surface area contributed by atoms with Crippen LogP contribution in [-0.4, -0.2) is 39.1 Å². The summed E-state index contributed by atoms with van der Waals surface area (Å²) in [4.78, 5) is 17.6. The average molecular weight is 591 g/mol. The number of benzene rings is 4. The van der Waals surface area contributed by atoms with Gasteiger partial charge in [-0.25, -0.2) is 13.6 Å². The fraction of sp³-hybridized carbons (Fsp3) is 0.250. The molecule has 0 aliphatic carbocycles. The Balaban J connectivity index is 1.51. The zero-order valence-electron chi connectivity index (χ0n) is 24.1. The summed E-state index contributed by atoms with van der Waals surface area (Å²) in [6, 6.07) is 30.2. The minimum Gasteiger partial charge on any atom is -0.389 e. The van der Waals surface area contributed by atoms with Crippen molar-refractivity contribution in [1.82, 2.24) is 9.80 Å². The first kappa shape index (κ1) is 30.4. The van der Waals surface area contributed by atoms with Gasteiger partial charge in [0.15, 0.2) is 0 Å². The molecule has 1 N–H and O–H groups in total. The molecule has 1 saturated heterocycles. The van der Waals surface area contributed by atoms with Crippen molar-refractivity contribution in [1.29, 1.82) is 10.5 Å². The Labute approximate surface area is 256 Å². The second-order valence-corrected chi connectivity index (χ2v) is 11.1. The van der Waals surface area contributed by atoms with Crippen molar-refractivity contribution >= 4 is 6.03 Å². The summed E-state index contributed by atoms with van der Waals surface area (Å²) >= 11 is 0. The molecule has 1 aliphatic rings. The Hall–Kier alpha value is -5.05. The van der Waals surface area contributed by atoms with Crippen LogP contribution >= 0.6 is 0 Å². The number of amides is 2. The van der Waals surface area contributed by atoms with Gasteiger partial charge >= 0.3 is 6.03 Å². The van der Waals surface area contributed by atoms with Crippen LogP contribution < -0.4 is 0 Å². The van der Waals surface area contributed by atoms with Gasteiger partial charge in [-0.15, -0.1) is 0 Å². The number of carbonyl (C=O) groups is 1. The van der Waals surface area contributed by atoms with Gasteiger partial charge in [0.25, 0.3) is 0 Å². The van der Waals surface area contributed by atoms with Crippen molar-refractivity contribution in [3.05, 3.63) is 142 Å². The highest BCUT2D eigenvalue weighted by Crippen LogP contribution is 2.32. The van der Waals surface area contributed by atoms with Crippen LogP contribution in [0.5, 0.6) is 0 Å². The van der Waals surface area contributed by atoms with Crippen molar-refractivity contribution in [3.63, 3.8) is 0 Å². The summed E-state index contributed by atoms with van der Waals surface area (Å²) < 4.78 is 28.3. The zero-order chi connectivity index (χ0) is 31.1. The number of hydrogen-bond donors (Lipinski definition) is 1. The number of rotatable bonds is 10. The minimum absolute atomic E-state index is 0.0546. The lowest BCUT2D eigenvalue weighted by Gasteiger charge is -2.49. The molecule has 44 heavy (non-hydrogen) atoms. The standard InChI is InChI=1S/C36H32F2N4O2/c37-31-15-11-27(19-29(31)21-39)23-41-33(17-13-25-7-3-1-4-8-25)35(43)34(18-14-26-9-5-2-6-10-26)42(36(41)44)24-28-12-16-32(38)30(20-28)22-40/h1-12,15-16,19-20,33-35,43H,13-14,17-18,23-24H2/t33-,34-/m1/s1. The summed E-state index contributed by atoms with van der Waals surface area (Å²) in [6.45, 7) is 0.109. The maximum atomic E-state index is 14.4. The molecule has 0 spiro atoms. The van der Waals surface area contributed by atoms with Crippen molar-refractivity contribution in [2.24, 2.45) is 0 Å². The van der Waals surface area contributed by atoms with Gasteiger partial charge < -0.3 is 14.9 Å². The van der Waals surface area contributed by atoms with Crippen LogP contribution in [0.3, 0.4) is 0 Å². The molecular formula is C36H32F2N4O2. The van der Waals surface area contributed by atoms with E-state index < -0.39 is 29.8 Å². The SMILES string of the molecule is N#Cc1cc(CN2C(=O)N(Cc3ccc(F)c(C#N)c3)[C@H](CCc3ccccc3)C(O)[C@H]2CCc2ccccc2)ccc1F. The maximum absolute atomic E-state index is 14.4. The Bertz CT molecular complexity index is 1560. The Kier molecular flexibility index (Phi) is 9.64. The van der Waals surface area contributed by atoms with Crippen molar-refractivity contribution < 1.29 is 18.7 Å². The molecule has 4 aromatic rings. The lowest BCUT2D eigenvalue weighted by Crippen LogP contribution is -2.65. The Morgan fingerprint density at radius 1 is 0.636 bits per heavy atom. The molecule has 5 rings (SSSR count). The Morgan fingerprint density at radius 3 is 1.43 bits per heavy atom. The normalized spacial score (nSPS) is 16.9. The van der Waals surface area contributed by atoms with E-state index in [1.807, 2.05) is 72.8 Å². The molecule has 1 fully saturated rings. The summed E-state index contributed by atoms with van der Waals surface area (Å²) in [5, 5.41) is 30.8. The highest BCUT2D eigenvalue weighted by atomic mass is 19.1. The van der Waals surface area contributed by atoms with Crippen LogP contribution in [-0.2, 0) is 25.9 Å². The largest absolute Gasteiger partial charge is 0.389 e. The molecule has 6 nitrogen and oxygen atoms in total. The Morgan fingerprint density at radius 2 is 1.05 bits per heavy atom. The third-order valence-electron chi connectivity index (χ3n) is 8.23. The van der Waals surface area contributed by atoms with Crippen LogP contribution in [0.2, 0.25) is 0 Å². The number of halogens is 2. The lowest BCUT2D eigenvalue weighted by molar-refractivity contribution is -0.0478. The quantitative estimate of drug-likeness (QED) is 0.228. The van der Waals surface area contributed by atoms with Crippen LogP contribution in [0.25, 0.3) is 0 Å². The van der Waals surface area contributed by atoms with Gasteiger partial charge in [-0.2, -0.15) is 10.5 Å². The third-order valence-corrected chi connectivity index (χ3v) is 8.23. The topological polar surface area (TPSA) is 91.4 Å². The summed E-state index contributed by atoms with van der Waals surface area (Å²) in [5.74, 6) is -1.29. The van der Waals surface area contributed by atoms with Gasteiger partial charge in [0, 0.05) is 13.1 Å². The van der Waals surface area contributed by atoms with Crippen molar-refractivity contribution in [3.8, 4) is 12.1 Å². The van der Waals surface area contributed by atoms with E-state index in [9.17, 15) is 29.2 Å². The molecule has 4 aromatic carbocycles. The fourth-order valence-electron chi connectivity index (χ4n) is 5.92. The van der Waals surface area contributed by atoms with Crippen molar-refractivity contribution in [2.45, 2.75) is 57.0 Å². The second-order valence-electron chi connectivity index (χ2n) is 11.1. The van der Waals surface area contributed by atoms with E-state index in [2.05, 4.69) is 0 Å². The monoisotopic (exact) mass is 590 g/mol. The van der Waals surface area contributed by atoms with Gasteiger partial charge in [-0.1, -0.05) is 72.8 Å². The van der Waals surface area contributed by atoms with Crippen LogP contribution in [0.1, 0.15) is 46.2 Å². The lowest BCUT2D eigenvalue weighted by atomic mass is 9.88. The van der Waals surface area contributed by atoms with Gasteiger partial charge in [-0.3, -0.25) is 0 Å². The van der Waals surface area contributed by atoms with E-state index in [-0.39, 0.29) is 30.2 Å². The number of aliphatic hydroxyl groups excluding tert-OH is 1. The number of urea groups is 1. The summed E-state index contributed by atoms with van der Waals surface area (Å²) in [6.07, 6.45) is 1.25. The summed E-state index contributed by atoms with van der Waals surface area (Å²) in [5.41, 5.74) is 3.01. The molecular weight excluding hydrogens is 558 g/mol. The van der Waals surface area contributed by atoms with Crippen molar-refractivity contribution in [2.75, 3.05) is 0 Å². The van der Waals surface area contributed by atoms with E-state index in [4.69, 9.17) is 0 Å². The predicted molar refractivity (Wildman–Crippen MR) is 162 cm³/mol. The fourth-order valence-corrected chi connectivity index (χ4v) is 5.92. The molecule has 222 valence electrons. The van der Waals surface area contributed by atoms with Crippen LogP contribution in [0, 0.1) is 34.3 Å². The molecule has 0 saturated carbocycles. The molecule has 1 heterocycles. The van der Waals surface area contributed by atoms with Gasteiger partial charge in [0.05, 0.1) is 29.3 Å². The predicted octanol–water partition coefficient (Wildman–Crippen LogP) is 6.51. The maximum Gasteiger partial charge on any atom is 0.321 e. The second kappa shape index (κ2) is 13.9. The van der Waals surface area contributed by atoms with Gasteiger partial charge in [0.1, 0.15) is 23.8 Å². The highest BCUT2D eigenvalue weighted by Gasteiger charge is 2.45. The molecule has 0 radical (unpaired) electrons. The van der Waals surface area contributed by atoms with E-state index in [0.29, 0.717) is 36.8 Å². The number of nitrogens with zero attached hydrogens (tertiary/aromatic N) is 4. The smallest absolute Gasteiger partial charge is 0.321 e. The molecule has 0 unspecified atom stereocenters. The minimum atomic E-state index is -0.952. The number of carbonyl (C=O) groups excluding carboxylic acids is 1. The van der Waals surface area contributed by atoms with Gasteiger partial charge in [0.2, 0.25) is 0 Å². The van der Waals surface area contributed by atoms with Crippen LogP contribution in [0.15, 0.2) is 97.1 Å². The number of hydrogen-bond acceptors (Lipinski definition) is 4. The van der Waals surface area contributed by atoms with E-state index in [1.54, 1.807) is 9.80 Å². The third kappa shape index (κ3) is 6.94. The van der Waals surface area contributed by atoms with E-state index in [0.717, 1.165) is 11.1 Å². The molecule has 8 heteroatoms. The molecule has 2 atom stereocenters. The van der Waals surface area contributed by atoms with Crippen LogP contribution in [0.4, 0.5) is 13.6 Å². The summed E-state index contributed by atoms with van der Waals surface area (Å²) in [7, 11) is 0. The molecule has 0 bridgehead atoms. The highest BCUT2D eigenvalue weighted by molar-refractivity contribution is 5.76. The average Bonchev–Trinajstić information content (AvgIpc) is 3.05. The number of nitriles is 2. The molecule has 2 amide bonds. The molecule has 0 aromatic heterocycles. The number of aliphatic hydroxyl groups is 1.